The summed E-state index contributed by atoms with van der Waals surface area (Å²) in [5.41, 5.74) is 0.417. The molecule has 2 atom stereocenters. The summed E-state index contributed by atoms with van der Waals surface area (Å²) in [4.78, 5) is 0. The lowest BCUT2D eigenvalue weighted by atomic mass is 9.95. The fourth-order valence-corrected chi connectivity index (χ4v) is 4.41. The Kier molecular flexibility index (Phi) is 4.08. The summed E-state index contributed by atoms with van der Waals surface area (Å²) in [6.45, 7) is 8.10. The van der Waals surface area contributed by atoms with Crippen LogP contribution in [0.3, 0.4) is 0 Å². The van der Waals surface area contributed by atoms with Gasteiger partial charge in [0, 0.05) is 16.8 Å². The molecule has 1 aromatic rings. The van der Waals surface area contributed by atoms with Crippen LogP contribution in [-0.4, -0.2) is 6.61 Å². The van der Waals surface area contributed by atoms with Gasteiger partial charge in [-0.3, -0.25) is 4.57 Å². The van der Waals surface area contributed by atoms with Crippen LogP contribution in [0.15, 0.2) is 35.8 Å². The number of hydrogen-bond donors (Lipinski definition) is 0. The first-order valence-electron chi connectivity index (χ1n) is 6.65. The number of allylic oxidation sites excluding steroid dienone is 1. The fraction of sp³-hybridized carbons (Fsp3) is 0.467. The van der Waals surface area contributed by atoms with Crippen molar-refractivity contribution < 1.29 is 18.2 Å². The molecule has 3 nitrogen and oxygen atoms in total. The zero-order chi connectivity index (χ0) is 15.0. The third-order valence-corrected chi connectivity index (χ3v) is 5.40. The SMILES string of the molecule is CCO[P@@]1(=O)C=C(C(C)(C)C)O[C@@H]1c1ccc(F)cc1. The van der Waals surface area contributed by atoms with E-state index in [1.54, 1.807) is 24.9 Å². The van der Waals surface area contributed by atoms with Crippen LogP contribution >= 0.6 is 7.37 Å². The third kappa shape index (κ3) is 2.97. The second-order valence-electron chi connectivity index (χ2n) is 5.83. The predicted molar refractivity (Wildman–Crippen MR) is 77.0 cm³/mol. The first-order chi connectivity index (χ1) is 9.26. The number of benzene rings is 1. The highest BCUT2D eigenvalue weighted by Crippen LogP contribution is 2.68. The number of ether oxygens (including phenoxy) is 1. The average Bonchev–Trinajstić information content (AvgIpc) is 2.68. The predicted octanol–water partition coefficient (Wildman–Crippen LogP) is 5.06. The Hall–Kier alpha value is -1.12. The minimum atomic E-state index is -3.08. The molecule has 0 saturated heterocycles. The van der Waals surface area contributed by atoms with E-state index in [0.717, 1.165) is 0 Å². The molecule has 5 heteroatoms. The first-order valence-corrected chi connectivity index (χ1v) is 8.42. The van der Waals surface area contributed by atoms with Crippen molar-refractivity contribution in [1.29, 1.82) is 0 Å². The summed E-state index contributed by atoms with van der Waals surface area (Å²) >= 11 is 0. The van der Waals surface area contributed by atoms with Gasteiger partial charge in [-0.25, -0.2) is 4.39 Å². The minimum absolute atomic E-state index is 0.248. The molecule has 0 spiro atoms. The zero-order valence-electron chi connectivity index (χ0n) is 12.2. The Bertz CT molecular complexity index is 557. The molecule has 20 heavy (non-hydrogen) atoms. The van der Waals surface area contributed by atoms with E-state index in [1.807, 2.05) is 20.8 Å². The van der Waals surface area contributed by atoms with Crippen molar-refractivity contribution >= 4 is 7.37 Å². The quantitative estimate of drug-likeness (QED) is 0.732. The van der Waals surface area contributed by atoms with Gasteiger partial charge in [0.1, 0.15) is 11.6 Å². The second kappa shape index (κ2) is 5.34. The highest BCUT2D eigenvalue weighted by Gasteiger charge is 2.44. The molecule has 1 aromatic carbocycles. The van der Waals surface area contributed by atoms with Crippen molar-refractivity contribution in [2.75, 3.05) is 6.61 Å². The highest BCUT2D eigenvalue weighted by atomic mass is 31.2. The van der Waals surface area contributed by atoms with Crippen LogP contribution in [0.4, 0.5) is 4.39 Å². The summed E-state index contributed by atoms with van der Waals surface area (Å²) in [7, 11) is -3.08. The molecule has 2 rings (SSSR count). The maximum atomic E-state index is 13.0. The Morgan fingerprint density at radius 1 is 1.30 bits per heavy atom. The smallest absolute Gasteiger partial charge is 0.272 e. The Morgan fingerprint density at radius 2 is 1.90 bits per heavy atom. The molecule has 0 radical (unpaired) electrons. The van der Waals surface area contributed by atoms with Crippen LogP contribution in [0.2, 0.25) is 0 Å². The Labute approximate surface area is 119 Å². The number of hydrogen-bond acceptors (Lipinski definition) is 3. The van der Waals surface area contributed by atoms with Gasteiger partial charge in [0.2, 0.25) is 5.85 Å². The van der Waals surface area contributed by atoms with Gasteiger partial charge in [0.25, 0.3) is 7.37 Å². The van der Waals surface area contributed by atoms with Crippen LogP contribution in [0.25, 0.3) is 0 Å². The van der Waals surface area contributed by atoms with E-state index in [4.69, 9.17) is 9.26 Å². The summed E-state index contributed by atoms with van der Waals surface area (Å²) < 4.78 is 37.3. The van der Waals surface area contributed by atoms with Gasteiger partial charge in [0.15, 0.2) is 0 Å². The molecule has 1 heterocycles. The van der Waals surface area contributed by atoms with Crippen molar-refractivity contribution in [3.63, 3.8) is 0 Å². The molecule has 0 aliphatic carbocycles. The molecule has 0 aromatic heterocycles. The average molecular weight is 298 g/mol. The monoisotopic (exact) mass is 298 g/mol. The third-order valence-electron chi connectivity index (χ3n) is 3.09. The van der Waals surface area contributed by atoms with Crippen molar-refractivity contribution in [2.45, 2.75) is 33.5 Å². The molecule has 0 N–H and O–H groups in total. The molecule has 1 aliphatic rings. The van der Waals surface area contributed by atoms with Crippen molar-refractivity contribution in [3.8, 4) is 0 Å². The van der Waals surface area contributed by atoms with E-state index in [1.165, 1.54) is 12.1 Å². The van der Waals surface area contributed by atoms with Crippen LogP contribution in [0, 0.1) is 11.2 Å². The molecule has 0 fully saturated rings. The summed E-state index contributed by atoms with van der Waals surface area (Å²) in [6, 6.07) is 5.85. The topological polar surface area (TPSA) is 35.5 Å². The van der Waals surface area contributed by atoms with Crippen molar-refractivity contribution in [1.82, 2.24) is 0 Å². The van der Waals surface area contributed by atoms with E-state index < -0.39 is 13.2 Å². The van der Waals surface area contributed by atoms with Crippen LogP contribution in [0.5, 0.6) is 0 Å². The van der Waals surface area contributed by atoms with Crippen molar-refractivity contribution in [2.24, 2.45) is 5.41 Å². The van der Waals surface area contributed by atoms with Gasteiger partial charge in [0.05, 0.1) is 6.61 Å². The minimum Gasteiger partial charge on any atom is -0.479 e. The molecular weight excluding hydrogens is 278 g/mol. The largest absolute Gasteiger partial charge is 0.479 e. The lowest BCUT2D eigenvalue weighted by Gasteiger charge is -2.23. The summed E-state index contributed by atoms with van der Waals surface area (Å²) in [5, 5.41) is 0. The Morgan fingerprint density at radius 3 is 2.40 bits per heavy atom. The van der Waals surface area contributed by atoms with Gasteiger partial charge in [-0.2, -0.15) is 0 Å². The van der Waals surface area contributed by atoms with Crippen LogP contribution < -0.4 is 0 Å². The van der Waals surface area contributed by atoms with Gasteiger partial charge >= 0.3 is 0 Å². The van der Waals surface area contributed by atoms with E-state index in [9.17, 15) is 8.96 Å². The number of halogens is 1. The lowest BCUT2D eigenvalue weighted by Crippen LogP contribution is -2.11. The van der Waals surface area contributed by atoms with Crippen LogP contribution in [-0.2, 0) is 13.8 Å². The normalized spacial score (nSPS) is 26.2. The summed E-state index contributed by atoms with van der Waals surface area (Å²) in [5.74, 6) is 1.26. The van der Waals surface area contributed by atoms with E-state index in [0.29, 0.717) is 17.9 Å². The van der Waals surface area contributed by atoms with Gasteiger partial charge in [-0.15, -0.1) is 0 Å². The van der Waals surface area contributed by atoms with E-state index in [-0.39, 0.29) is 11.2 Å². The first kappa shape index (κ1) is 15.3. The molecule has 0 bridgehead atoms. The van der Waals surface area contributed by atoms with E-state index >= 15 is 0 Å². The molecule has 0 saturated carbocycles. The maximum Gasteiger partial charge on any atom is 0.272 e. The Balaban J connectivity index is 2.39. The van der Waals surface area contributed by atoms with E-state index in [2.05, 4.69) is 0 Å². The van der Waals surface area contributed by atoms with Crippen LogP contribution in [0.1, 0.15) is 39.1 Å². The molecule has 110 valence electrons. The lowest BCUT2D eigenvalue weighted by molar-refractivity contribution is 0.128. The second-order valence-corrected chi connectivity index (χ2v) is 8.10. The highest BCUT2D eigenvalue weighted by molar-refractivity contribution is 7.62. The van der Waals surface area contributed by atoms with Crippen molar-refractivity contribution in [3.05, 3.63) is 47.2 Å². The molecular formula is C15H20FO3P. The van der Waals surface area contributed by atoms with Gasteiger partial charge in [-0.1, -0.05) is 32.9 Å². The maximum absolute atomic E-state index is 13.0. The molecule has 1 aliphatic heterocycles. The summed E-state index contributed by atoms with van der Waals surface area (Å²) in [6.07, 6.45) is 0. The standard InChI is InChI=1S/C15H20FO3P/c1-5-18-20(17)10-13(15(2,3)4)19-14(20)11-6-8-12(16)9-7-11/h6-10,14H,5H2,1-4H3/t14-,20-/m0/s1. The fourth-order valence-electron chi connectivity index (χ4n) is 2.04. The molecule has 0 unspecified atom stereocenters. The molecule has 0 amide bonds. The number of rotatable bonds is 3. The van der Waals surface area contributed by atoms with Gasteiger partial charge in [-0.05, 0) is 19.1 Å². The van der Waals surface area contributed by atoms with Gasteiger partial charge < -0.3 is 9.26 Å². The zero-order valence-corrected chi connectivity index (χ0v) is 13.1.